The van der Waals surface area contributed by atoms with Crippen LogP contribution in [0.3, 0.4) is 0 Å². The van der Waals surface area contributed by atoms with Gasteiger partial charge in [-0.2, -0.15) is 0 Å². The molecule has 0 saturated heterocycles. The van der Waals surface area contributed by atoms with Gasteiger partial charge in [0.05, 0.1) is 0 Å². The summed E-state index contributed by atoms with van der Waals surface area (Å²) in [4.78, 5) is 4.70. The van der Waals surface area contributed by atoms with Crippen molar-refractivity contribution in [3.8, 4) is 0 Å². The van der Waals surface area contributed by atoms with E-state index >= 15 is 0 Å². The van der Waals surface area contributed by atoms with Gasteiger partial charge < -0.3 is 4.90 Å². The molecule has 3 heteroatoms. The zero-order valence-corrected chi connectivity index (χ0v) is 10.1. The van der Waals surface area contributed by atoms with E-state index in [9.17, 15) is 0 Å². The average molecular weight is 207 g/mol. The lowest BCUT2D eigenvalue weighted by Gasteiger charge is -2.29. The molecule has 0 aliphatic carbocycles. The Morgan fingerprint density at radius 2 is 1.92 bits per heavy atom. The van der Waals surface area contributed by atoms with Crippen LogP contribution in [0, 0.1) is 0 Å². The van der Waals surface area contributed by atoms with E-state index in [0.29, 0.717) is 6.04 Å². The fraction of sp³-hybridized carbons (Fsp3) is 1.00. The summed E-state index contributed by atoms with van der Waals surface area (Å²) in [6.45, 7) is 7.84. The molecule has 1 unspecified atom stereocenters. The van der Waals surface area contributed by atoms with Crippen molar-refractivity contribution in [1.29, 1.82) is 0 Å². The first-order valence-corrected chi connectivity index (χ1v) is 5.60. The first-order chi connectivity index (χ1) is 6.11. The molecule has 2 nitrogen and oxygen atoms in total. The maximum atomic E-state index is 5.68. The quantitative estimate of drug-likeness (QED) is 0.587. The average Bonchev–Trinajstić information content (AvgIpc) is 2.04. The topological polar surface area (TPSA) is 6.48 Å². The fourth-order valence-corrected chi connectivity index (χ4v) is 1.72. The monoisotopic (exact) mass is 206 g/mol. The Hall–Kier alpha value is 0.210. The van der Waals surface area contributed by atoms with Crippen LogP contribution in [-0.2, 0) is 0 Å². The van der Waals surface area contributed by atoms with Crippen LogP contribution in [0.4, 0.5) is 0 Å². The molecule has 0 aliphatic heterocycles. The van der Waals surface area contributed by atoms with E-state index in [1.807, 2.05) is 0 Å². The zero-order chi connectivity index (χ0) is 10.3. The van der Waals surface area contributed by atoms with Crippen molar-refractivity contribution in [3.05, 3.63) is 0 Å². The predicted molar refractivity (Wildman–Crippen MR) is 60.6 cm³/mol. The minimum Gasteiger partial charge on any atom is -0.308 e. The molecule has 0 amide bonds. The van der Waals surface area contributed by atoms with Crippen molar-refractivity contribution >= 4 is 11.6 Å². The number of rotatable bonds is 7. The van der Waals surface area contributed by atoms with Gasteiger partial charge in [0.2, 0.25) is 0 Å². The van der Waals surface area contributed by atoms with Crippen LogP contribution < -0.4 is 0 Å². The van der Waals surface area contributed by atoms with E-state index in [0.717, 1.165) is 31.9 Å². The third kappa shape index (κ3) is 6.30. The number of nitrogens with zero attached hydrogens (tertiary/aromatic N) is 2. The van der Waals surface area contributed by atoms with E-state index in [2.05, 4.69) is 37.7 Å². The highest BCUT2D eigenvalue weighted by molar-refractivity contribution is 6.17. The van der Waals surface area contributed by atoms with Gasteiger partial charge in [0.25, 0.3) is 0 Å². The van der Waals surface area contributed by atoms with Crippen LogP contribution in [0.15, 0.2) is 0 Å². The fourth-order valence-electron chi connectivity index (χ4n) is 1.60. The van der Waals surface area contributed by atoms with Gasteiger partial charge in [0.15, 0.2) is 0 Å². The highest BCUT2D eigenvalue weighted by atomic mass is 35.5. The Bertz CT molecular complexity index is 117. The molecular formula is C10H23ClN2. The molecule has 13 heavy (non-hydrogen) atoms. The molecule has 0 aromatic rings. The number of hydrogen-bond acceptors (Lipinski definition) is 2. The molecule has 0 spiro atoms. The smallest absolute Gasteiger partial charge is 0.0235 e. The van der Waals surface area contributed by atoms with Gasteiger partial charge in [0, 0.05) is 18.5 Å². The predicted octanol–water partition coefficient (Wildman–Crippen LogP) is 1.89. The van der Waals surface area contributed by atoms with Gasteiger partial charge in [-0.1, -0.05) is 6.92 Å². The van der Waals surface area contributed by atoms with Crippen LogP contribution >= 0.6 is 11.6 Å². The van der Waals surface area contributed by atoms with Gasteiger partial charge >= 0.3 is 0 Å². The highest BCUT2D eigenvalue weighted by Gasteiger charge is 2.11. The molecule has 1 atom stereocenters. The summed E-state index contributed by atoms with van der Waals surface area (Å²) in [7, 11) is 4.23. The summed E-state index contributed by atoms with van der Waals surface area (Å²) >= 11 is 5.68. The SMILES string of the molecule is CCN(CCCCl)C(C)CN(C)C. The standard InChI is InChI=1S/C10H23ClN2/c1-5-13(8-6-7-11)10(2)9-12(3)4/h10H,5-9H2,1-4H3. The van der Waals surface area contributed by atoms with Gasteiger partial charge in [-0.05, 0) is 40.5 Å². The summed E-state index contributed by atoms with van der Waals surface area (Å²) in [5.41, 5.74) is 0. The molecule has 0 aliphatic rings. The minimum atomic E-state index is 0.628. The Morgan fingerprint density at radius 3 is 2.31 bits per heavy atom. The van der Waals surface area contributed by atoms with Gasteiger partial charge in [-0.15, -0.1) is 11.6 Å². The largest absolute Gasteiger partial charge is 0.308 e. The molecule has 0 aromatic heterocycles. The maximum absolute atomic E-state index is 5.68. The highest BCUT2D eigenvalue weighted by Crippen LogP contribution is 2.01. The second-order valence-corrected chi connectivity index (χ2v) is 4.16. The second-order valence-electron chi connectivity index (χ2n) is 3.78. The lowest BCUT2D eigenvalue weighted by Crippen LogP contribution is -2.40. The summed E-state index contributed by atoms with van der Waals surface area (Å²) in [5.74, 6) is 0.769. The molecule has 0 aromatic carbocycles. The van der Waals surface area contributed by atoms with E-state index in [-0.39, 0.29) is 0 Å². The van der Waals surface area contributed by atoms with Crippen LogP contribution in [0.2, 0.25) is 0 Å². The molecular weight excluding hydrogens is 184 g/mol. The van der Waals surface area contributed by atoms with Crippen LogP contribution in [0.1, 0.15) is 20.3 Å². The molecule has 0 rings (SSSR count). The summed E-state index contributed by atoms with van der Waals surface area (Å²) < 4.78 is 0. The second kappa shape index (κ2) is 7.60. The van der Waals surface area contributed by atoms with Crippen molar-refractivity contribution in [3.63, 3.8) is 0 Å². The first-order valence-electron chi connectivity index (χ1n) is 5.06. The lowest BCUT2D eigenvalue weighted by molar-refractivity contribution is 0.182. The molecule has 0 N–H and O–H groups in total. The van der Waals surface area contributed by atoms with E-state index in [1.54, 1.807) is 0 Å². The van der Waals surface area contributed by atoms with Crippen molar-refractivity contribution in [2.45, 2.75) is 26.3 Å². The number of halogens is 1. The first kappa shape index (κ1) is 13.2. The number of likely N-dealkylation sites (N-methyl/N-ethyl adjacent to an activating group) is 2. The number of alkyl halides is 1. The molecule has 0 radical (unpaired) electrons. The van der Waals surface area contributed by atoms with Crippen molar-refractivity contribution in [2.75, 3.05) is 39.6 Å². The van der Waals surface area contributed by atoms with Gasteiger partial charge in [-0.25, -0.2) is 0 Å². The normalized spacial score (nSPS) is 14.1. The van der Waals surface area contributed by atoms with Crippen molar-refractivity contribution in [1.82, 2.24) is 9.80 Å². The Morgan fingerprint density at radius 1 is 1.31 bits per heavy atom. The summed E-state index contributed by atoms with van der Waals surface area (Å²) in [6.07, 6.45) is 1.09. The zero-order valence-electron chi connectivity index (χ0n) is 9.39. The minimum absolute atomic E-state index is 0.628. The third-order valence-corrected chi connectivity index (χ3v) is 2.51. The lowest BCUT2D eigenvalue weighted by atomic mass is 10.2. The van der Waals surface area contributed by atoms with Crippen LogP contribution in [-0.4, -0.2) is 55.5 Å². The maximum Gasteiger partial charge on any atom is 0.0235 e. The van der Waals surface area contributed by atoms with E-state index < -0.39 is 0 Å². The Kier molecular flexibility index (Phi) is 7.72. The molecule has 0 heterocycles. The van der Waals surface area contributed by atoms with E-state index in [4.69, 9.17) is 11.6 Å². The van der Waals surface area contributed by atoms with Gasteiger partial charge in [0.1, 0.15) is 0 Å². The van der Waals surface area contributed by atoms with E-state index in [1.165, 1.54) is 0 Å². The Balaban J connectivity index is 3.77. The van der Waals surface area contributed by atoms with Crippen molar-refractivity contribution < 1.29 is 0 Å². The molecule has 80 valence electrons. The number of hydrogen-bond donors (Lipinski definition) is 0. The van der Waals surface area contributed by atoms with Gasteiger partial charge in [-0.3, -0.25) is 4.90 Å². The Labute approximate surface area is 87.8 Å². The van der Waals surface area contributed by atoms with Crippen molar-refractivity contribution in [2.24, 2.45) is 0 Å². The third-order valence-electron chi connectivity index (χ3n) is 2.24. The summed E-state index contributed by atoms with van der Waals surface area (Å²) in [6, 6.07) is 0.628. The van der Waals surface area contributed by atoms with Crippen LogP contribution in [0.5, 0.6) is 0 Å². The van der Waals surface area contributed by atoms with Crippen LogP contribution in [0.25, 0.3) is 0 Å². The molecule has 0 saturated carbocycles. The summed E-state index contributed by atoms with van der Waals surface area (Å²) in [5, 5.41) is 0. The molecule has 0 fully saturated rings. The molecule has 0 bridgehead atoms.